The third kappa shape index (κ3) is 1.78. The number of para-hydroxylation sites is 1. The van der Waals surface area contributed by atoms with E-state index in [9.17, 15) is 4.79 Å². The van der Waals surface area contributed by atoms with Crippen LogP contribution in [0.4, 0.5) is 0 Å². The minimum absolute atomic E-state index is 0.168. The molecule has 3 aromatic rings. The van der Waals surface area contributed by atoms with Crippen molar-refractivity contribution in [3.05, 3.63) is 51.4 Å². The standard InChI is InChI=1S/C12H7BrN2O2/c13-10-6-5-9(17-10)11-14-8-4-2-1-3-7(8)12(16)15-11/h1-6H,(H,14,15,16). The maximum absolute atomic E-state index is 11.8. The lowest BCUT2D eigenvalue weighted by Crippen LogP contribution is -2.08. The fourth-order valence-electron chi connectivity index (χ4n) is 1.64. The monoisotopic (exact) mass is 290 g/mol. The molecule has 0 saturated heterocycles. The van der Waals surface area contributed by atoms with Gasteiger partial charge in [-0.15, -0.1) is 0 Å². The summed E-state index contributed by atoms with van der Waals surface area (Å²) in [6.45, 7) is 0. The largest absolute Gasteiger partial charge is 0.446 e. The van der Waals surface area contributed by atoms with Crippen LogP contribution in [0.2, 0.25) is 0 Å². The van der Waals surface area contributed by atoms with E-state index in [4.69, 9.17) is 4.42 Å². The molecule has 4 nitrogen and oxygen atoms in total. The van der Waals surface area contributed by atoms with Crippen molar-refractivity contribution >= 4 is 26.8 Å². The molecule has 0 spiro atoms. The second-order valence-corrected chi connectivity index (χ2v) is 4.32. The first-order chi connectivity index (χ1) is 8.24. The molecule has 0 saturated carbocycles. The Morgan fingerprint density at radius 3 is 2.76 bits per heavy atom. The molecule has 0 bridgehead atoms. The number of hydrogen-bond donors (Lipinski definition) is 1. The maximum atomic E-state index is 11.8. The quantitative estimate of drug-likeness (QED) is 0.750. The van der Waals surface area contributed by atoms with Gasteiger partial charge in [0.05, 0.1) is 10.9 Å². The molecule has 2 heterocycles. The van der Waals surface area contributed by atoms with E-state index in [1.807, 2.05) is 12.1 Å². The molecule has 0 aliphatic carbocycles. The van der Waals surface area contributed by atoms with Gasteiger partial charge in [-0.05, 0) is 40.2 Å². The predicted molar refractivity (Wildman–Crippen MR) is 67.8 cm³/mol. The van der Waals surface area contributed by atoms with Crippen LogP contribution >= 0.6 is 15.9 Å². The van der Waals surface area contributed by atoms with E-state index in [0.717, 1.165) is 0 Å². The number of benzene rings is 1. The van der Waals surface area contributed by atoms with Gasteiger partial charge in [0.2, 0.25) is 0 Å². The number of aromatic amines is 1. The van der Waals surface area contributed by atoms with Crippen molar-refractivity contribution in [2.24, 2.45) is 0 Å². The zero-order chi connectivity index (χ0) is 11.8. The van der Waals surface area contributed by atoms with Crippen LogP contribution in [-0.4, -0.2) is 9.97 Å². The fourth-order valence-corrected chi connectivity index (χ4v) is 1.95. The van der Waals surface area contributed by atoms with E-state index in [0.29, 0.717) is 27.2 Å². The molecule has 3 rings (SSSR count). The molecule has 0 unspecified atom stereocenters. The van der Waals surface area contributed by atoms with Crippen LogP contribution in [-0.2, 0) is 0 Å². The number of aromatic nitrogens is 2. The second-order valence-electron chi connectivity index (χ2n) is 3.54. The Hall–Kier alpha value is -1.88. The number of nitrogens with one attached hydrogen (secondary N) is 1. The summed E-state index contributed by atoms with van der Waals surface area (Å²) in [5, 5.41) is 0.571. The molecule has 5 heteroatoms. The Labute approximate surface area is 104 Å². The molecule has 1 aromatic carbocycles. The van der Waals surface area contributed by atoms with Crippen LogP contribution < -0.4 is 5.56 Å². The first-order valence-corrected chi connectivity index (χ1v) is 5.78. The zero-order valence-corrected chi connectivity index (χ0v) is 10.2. The van der Waals surface area contributed by atoms with E-state index in [-0.39, 0.29) is 5.56 Å². The number of nitrogens with zero attached hydrogens (tertiary/aromatic N) is 1. The molecule has 84 valence electrons. The molecule has 0 fully saturated rings. The molecule has 2 aromatic heterocycles. The highest BCUT2D eigenvalue weighted by Gasteiger charge is 2.08. The summed E-state index contributed by atoms with van der Waals surface area (Å²) in [5.74, 6) is 0.958. The second kappa shape index (κ2) is 3.85. The van der Waals surface area contributed by atoms with E-state index in [2.05, 4.69) is 25.9 Å². The van der Waals surface area contributed by atoms with Crippen molar-refractivity contribution in [2.45, 2.75) is 0 Å². The minimum Gasteiger partial charge on any atom is -0.446 e. The molecule has 1 N–H and O–H groups in total. The van der Waals surface area contributed by atoms with Gasteiger partial charge in [0.1, 0.15) is 0 Å². The lowest BCUT2D eigenvalue weighted by molar-refractivity contribution is 0.551. The highest BCUT2D eigenvalue weighted by molar-refractivity contribution is 9.10. The normalized spacial score (nSPS) is 10.9. The van der Waals surface area contributed by atoms with Gasteiger partial charge in [-0.3, -0.25) is 4.79 Å². The summed E-state index contributed by atoms with van der Waals surface area (Å²) >= 11 is 3.21. The van der Waals surface area contributed by atoms with Gasteiger partial charge in [0.25, 0.3) is 5.56 Å². The summed E-state index contributed by atoms with van der Waals surface area (Å²) in [5.41, 5.74) is 0.483. The Morgan fingerprint density at radius 2 is 2.00 bits per heavy atom. The lowest BCUT2D eigenvalue weighted by Gasteiger charge is -1.99. The molecule has 0 aliphatic rings. The number of hydrogen-bond acceptors (Lipinski definition) is 3. The van der Waals surface area contributed by atoms with Crippen LogP contribution in [0.5, 0.6) is 0 Å². The van der Waals surface area contributed by atoms with Crippen LogP contribution in [0.3, 0.4) is 0 Å². The molecule has 0 atom stereocenters. The van der Waals surface area contributed by atoms with Crippen molar-refractivity contribution in [1.29, 1.82) is 0 Å². The van der Waals surface area contributed by atoms with Crippen molar-refractivity contribution in [1.82, 2.24) is 9.97 Å². The number of fused-ring (bicyclic) bond motifs is 1. The number of rotatable bonds is 1. The number of halogens is 1. The highest BCUT2D eigenvalue weighted by Crippen LogP contribution is 2.22. The van der Waals surface area contributed by atoms with Crippen molar-refractivity contribution in [2.75, 3.05) is 0 Å². The summed E-state index contributed by atoms with van der Waals surface area (Å²) in [6.07, 6.45) is 0. The molecule has 0 radical (unpaired) electrons. The van der Waals surface area contributed by atoms with Gasteiger partial charge in [0.15, 0.2) is 16.3 Å². The van der Waals surface area contributed by atoms with Gasteiger partial charge < -0.3 is 9.40 Å². The summed E-state index contributed by atoms with van der Waals surface area (Å²) < 4.78 is 5.96. The van der Waals surface area contributed by atoms with Crippen molar-refractivity contribution in [3.8, 4) is 11.6 Å². The van der Waals surface area contributed by atoms with E-state index in [1.54, 1.807) is 24.3 Å². The summed E-state index contributed by atoms with van der Waals surface area (Å²) in [7, 11) is 0. The summed E-state index contributed by atoms with van der Waals surface area (Å²) in [6, 6.07) is 10.7. The van der Waals surface area contributed by atoms with Crippen LogP contribution in [0.1, 0.15) is 0 Å². The average Bonchev–Trinajstić information content (AvgIpc) is 2.76. The third-order valence-corrected chi connectivity index (χ3v) is 2.85. The molecule has 17 heavy (non-hydrogen) atoms. The molecular formula is C12H7BrN2O2. The predicted octanol–water partition coefficient (Wildman–Crippen LogP) is 2.95. The van der Waals surface area contributed by atoms with E-state index >= 15 is 0 Å². The van der Waals surface area contributed by atoms with Gasteiger partial charge in [-0.25, -0.2) is 4.98 Å². The van der Waals surface area contributed by atoms with Crippen LogP contribution in [0, 0.1) is 0 Å². The highest BCUT2D eigenvalue weighted by atomic mass is 79.9. The lowest BCUT2D eigenvalue weighted by atomic mass is 10.2. The third-order valence-electron chi connectivity index (χ3n) is 2.42. The topological polar surface area (TPSA) is 58.9 Å². The van der Waals surface area contributed by atoms with Crippen molar-refractivity contribution in [3.63, 3.8) is 0 Å². The van der Waals surface area contributed by atoms with Crippen LogP contribution in [0.25, 0.3) is 22.5 Å². The molecule has 0 aliphatic heterocycles. The van der Waals surface area contributed by atoms with E-state index in [1.165, 1.54) is 0 Å². The Morgan fingerprint density at radius 1 is 1.18 bits per heavy atom. The van der Waals surface area contributed by atoms with E-state index < -0.39 is 0 Å². The SMILES string of the molecule is O=c1[nH]c(-c2ccc(Br)o2)nc2ccccc12. The van der Waals surface area contributed by atoms with Gasteiger partial charge in [0, 0.05) is 0 Å². The number of furan rings is 1. The number of H-pyrrole nitrogens is 1. The first-order valence-electron chi connectivity index (χ1n) is 4.99. The Kier molecular flexibility index (Phi) is 2.33. The fraction of sp³-hybridized carbons (Fsp3) is 0. The Balaban J connectivity index is 2.29. The molecule has 0 amide bonds. The van der Waals surface area contributed by atoms with Gasteiger partial charge in [-0.1, -0.05) is 12.1 Å². The van der Waals surface area contributed by atoms with Gasteiger partial charge >= 0.3 is 0 Å². The maximum Gasteiger partial charge on any atom is 0.259 e. The average molecular weight is 291 g/mol. The first kappa shape index (κ1) is 10.3. The van der Waals surface area contributed by atoms with Crippen LogP contribution in [0.15, 0.2) is 50.3 Å². The molecular weight excluding hydrogens is 284 g/mol. The summed E-state index contributed by atoms with van der Waals surface area (Å²) in [4.78, 5) is 18.9. The smallest absolute Gasteiger partial charge is 0.259 e. The zero-order valence-electron chi connectivity index (χ0n) is 8.61. The van der Waals surface area contributed by atoms with Gasteiger partial charge in [-0.2, -0.15) is 0 Å². The minimum atomic E-state index is -0.168. The Bertz CT molecular complexity index is 745. The van der Waals surface area contributed by atoms with Crippen molar-refractivity contribution < 1.29 is 4.42 Å².